The van der Waals surface area contributed by atoms with Crippen molar-refractivity contribution in [3.8, 4) is 23.0 Å². The lowest BCUT2D eigenvalue weighted by Gasteiger charge is -2.15. The van der Waals surface area contributed by atoms with Gasteiger partial charge in [-0.25, -0.2) is 4.98 Å². The maximum absolute atomic E-state index is 6.32. The van der Waals surface area contributed by atoms with Gasteiger partial charge in [-0.1, -0.05) is 17.7 Å². The smallest absolute Gasteiger partial charge is 0.203 e. The number of hydrogen-bond acceptors (Lipinski definition) is 5. The largest absolute Gasteiger partial charge is 0.494 e. The van der Waals surface area contributed by atoms with Crippen LogP contribution in [0, 0.1) is 0 Å². The molecule has 0 bridgehead atoms. The standard InChI is InChI=1S/C21H22ClNO4/c1-5-27-15-6-7-16-14(12-23-21(22)17(16)11-15)8-13-9-18(24-2)20(26-4)19(10-13)25-3/h6-7,9-12H,5,8H2,1-4H3. The predicted octanol–water partition coefficient (Wildman–Crippen LogP) is 4.90. The van der Waals surface area contributed by atoms with Gasteiger partial charge in [-0.3, -0.25) is 0 Å². The minimum absolute atomic E-state index is 0.459. The number of rotatable bonds is 7. The Hall–Kier alpha value is -2.66. The summed E-state index contributed by atoms with van der Waals surface area (Å²) in [5, 5.41) is 2.36. The molecular formula is C21H22ClNO4. The van der Waals surface area contributed by atoms with Crippen LogP contribution in [0.15, 0.2) is 36.5 Å². The van der Waals surface area contributed by atoms with Crippen molar-refractivity contribution in [1.82, 2.24) is 4.98 Å². The molecular weight excluding hydrogens is 366 g/mol. The van der Waals surface area contributed by atoms with Gasteiger partial charge in [0.1, 0.15) is 10.9 Å². The summed E-state index contributed by atoms with van der Waals surface area (Å²) in [5.74, 6) is 2.59. The molecule has 0 spiro atoms. The van der Waals surface area contributed by atoms with Crippen LogP contribution in [0.2, 0.25) is 5.15 Å². The van der Waals surface area contributed by atoms with Crippen LogP contribution in [0.1, 0.15) is 18.1 Å². The molecule has 1 heterocycles. The highest BCUT2D eigenvalue weighted by Crippen LogP contribution is 2.39. The molecule has 5 nitrogen and oxygen atoms in total. The lowest BCUT2D eigenvalue weighted by atomic mass is 10.00. The second-order valence-corrected chi connectivity index (χ2v) is 6.28. The van der Waals surface area contributed by atoms with Gasteiger partial charge < -0.3 is 18.9 Å². The number of pyridine rings is 1. The Morgan fingerprint density at radius 3 is 2.22 bits per heavy atom. The number of benzene rings is 2. The molecule has 6 heteroatoms. The van der Waals surface area contributed by atoms with E-state index in [2.05, 4.69) is 4.98 Å². The van der Waals surface area contributed by atoms with E-state index in [1.54, 1.807) is 27.5 Å². The summed E-state index contributed by atoms with van der Waals surface area (Å²) < 4.78 is 21.9. The van der Waals surface area contributed by atoms with Gasteiger partial charge in [0.2, 0.25) is 5.75 Å². The highest BCUT2D eigenvalue weighted by molar-refractivity contribution is 6.34. The Morgan fingerprint density at radius 2 is 1.63 bits per heavy atom. The Kier molecular flexibility index (Phi) is 5.91. The minimum Gasteiger partial charge on any atom is -0.494 e. The molecule has 0 aliphatic rings. The zero-order chi connectivity index (χ0) is 19.4. The molecule has 0 unspecified atom stereocenters. The van der Waals surface area contributed by atoms with Gasteiger partial charge in [0.05, 0.1) is 27.9 Å². The summed E-state index contributed by atoms with van der Waals surface area (Å²) >= 11 is 6.32. The predicted molar refractivity (Wildman–Crippen MR) is 107 cm³/mol. The molecule has 0 atom stereocenters. The van der Waals surface area contributed by atoms with Crippen molar-refractivity contribution < 1.29 is 18.9 Å². The van der Waals surface area contributed by atoms with E-state index >= 15 is 0 Å². The van der Waals surface area contributed by atoms with Crippen LogP contribution in [0.5, 0.6) is 23.0 Å². The fraction of sp³-hybridized carbons (Fsp3) is 0.286. The van der Waals surface area contributed by atoms with Gasteiger partial charge >= 0.3 is 0 Å². The molecule has 3 aromatic rings. The van der Waals surface area contributed by atoms with Crippen molar-refractivity contribution in [3.63, 3.8) is 0 Å². The summed E-state index contributed by atoms with van der Waals surface area (Å²) in [7, 11) is 4.80. The van der Waals surface area contributed by atoms with E-state index in [9.17, 15) is 0 Å². The number of aromatic nitrogens is 1. The summed E-state index contributed by atoms with van der Waals surface area (Å²) in [5.41, 5.74) is 2.07. The molecule has 3 rings (SSSR count). The molecule has 0 N–H and O–H groups in total. The van der Waals surface area contributed by atoms with E-state index in [1.807, 2.05) is 37.3 Å². The van der Waals surface area contributed by atoms with Gasteiger partial charge in [-0.2, -0.15) is 0 Å². The number of nitrogens with zero attached hydrogens (tertiary/aromatic N) is 1. The quantitative estimate of drug-likeness (QED) is 0.539. The number of hydrogen-bond donors (Lipinski definition) is 0. The second-order valence-electron chi connectivity index (χ2n) is 5.93. The third-order valence-electron chi connectivity index (χ3n) is 4.32. The number of ether oxygens (including phenoxy) is 4. The van der Waals surface area contributed by atoms with E-state index in [0.717, 1.165) is 27.6 Å². The van der Waals surface area contributed by atoms with Crippen LogP contribution >= 0.6 is 11.6 Å². The molecule has 142 valence electrons. The first-order valence-electron chi connectivity index (χ1n) is 8.60. The molecule has 0 amide bonds. The highest BCUT2D eigenvalue weighted by Gasteiger charge is 2.15. The van der Waals surface area contributed by atoms with E-state index in [-0.39, 0.29) is 0 Å². The molecule has 27 heavy (non-hydrogen) atoms. The zero-order valence-corrected chi connectivity index (χ0v) is 16.6. The first-order chi connectivity index (χ1) is 13.1. The van der Waals surface area contributed by atoms with E-state index < -0.39 is 0 Å². The van der Waals surface area contributed by atoms with Crippen molar-refractivity contribution in [3.05, 3.63) is 52.8 Å². The monoisotopic (exact) mass is 387 g/mol. The van der Waals surface area contributed by atoms with E-state index in [4.69, 9.17) is 30.5 Å². The third-order valence-corrected chi connectivity index (χ3v) is 4.62. The summed E-state index contributed by atoms with van der Waals surface area (Å²) in [6, 6.07) is 9.77. The topological polar surface area (TPSA) is 49.8 Å². The average molecular weight is 388 g/mol. The van der Waals surface area contributed by atoms with Crippen molar-refractivity contribution in [2.75, 3.05) is 27.9 Å². The first-order valence-corrected chi connectivity index (χ1v) is 8.97. The molecule has 0 radical (unpaired) electrons. The van der Waals surface area contributed by atoms with Crippen LogP contribution in [-0.2, 0) is 6.42 Å². The molecule has 1 aromatic heterocycles. The van der Waals surface area contributed by atoms with Crippen molar-refractivity contribution >= 4 is 22.4 Å². The molecule has 0 saturated carbocycles. The van der Waals surface area contributed by atoms with Crippen LogP contribution in [-0.4, -0.2) is 32.9 Å². The summed E-state index contributed by atoms with van der Waals surface area (Å²) in [6.07, 6.45) is 2.44. The normalized spacial score (nSPS) is 10.7. The van der Waals surface area contributed by atoms with Gasteiger partial charge in [0, 0.05) is 11.6 Å². The molecule has 2 aromatic carbocycles. The highest BCUT2D eigenvalue weighted by atomic mass is 35.5. The fourth-order valence-electron chi connectivity index (χ4n) is 3.10. The SMILES string of the molecule is CCOc1ccc2c(Cc3cc(OC)c(OC)c(OC)c3)cnc(Cl)c2c1. The van der Waals surface area contributed by atoms with Crippen molar-refractivity contribution in [2.24, 2.45) is 0 Å². The van der Waals surface area contributed by atoms with Crippen LogP contribution in [0.3, 0.4) is 0 Å². The number of halogens is 1. The Bertz CT molecular complexity index is 933. The summed E-state index contributed by atoms with van der Waals surface area (Å²) in [6.45, 7) is 2.55. The van der Waals surface area contributed by atoms with E-state index in [0.29, 0.717) is 35.4 Å². The van der Waals surface area contributed by atoms with Gasteiger partial charge in [0.15, 0.2) is 11.5 Å². The van der Waals surface area contributed by atoms with Crippen LogP contribution in [0.4, 0.5) is 0 Å². The summed E-state index contributed by atoms with van der Waals surface area (Å²) in [4.78, 5) is 4.35. The Morgan fingerprint density at radius 1 is 0.926 bits per heavy atom. The lowest BCUT2D eigenvalue weighted by molar-refractivity contribution is 0.324. The molecule has 0 saturated heterocycles. The van der Waals surface area contributed by atoms with Crippen molar-refractivity contribution in [1.29, 1.82) is 0 Å². The third kappa shape index (κ3) is 3.88. The maximum atomic E-state index is 6.32. The zero-order valence-electron chi connectivity index (χ0n) is 15.8. The van der Waals surface area contributed by atoms with Crippen molar-refractivity contribution in [2.45, 2.75) is 13.3 Å². The second kappa shape index (κ2) is 8.35. The Balaban J connectivity index is 2.05. The number of fused-ring (bicyclic) bond motifs is 1. The molecule has 0 aliphatic heterocycles. The van der Waals surface area contributed by atoms with Gasteiger partial charge in [0.25, 0.3) is 0 Å². The van der Waals surface area contributed by atoms with E-state index in [1.165, 1.54) is 0 Å². The van der Waals surface area contributed by atoms with Gasteiger partial charge in [-0.15, -0.1) is 0 Å². The van der Waals surface area contributed by atoms with Crippen LogP contribution < -0.4 is 18.9 Å². The molecule has 0 fully saturated rings. The van der Waals surface area contributed by atoms with Gasteiger partial charge in [-0.05, 0) is 54.1 Å². The maximum Gasteiger partial charge on any atom is 0.203 e. The lowest BCUT2D eigenvalue weighted by Crippen LogP contribution is -1.99. The number of methoxy groups -OCH3 is 3. The molecule has 0 aliphatic carbocycles. The first kappa shape index (κ1) is 19.1. The fourth-order valence-corrected chi connectivity index (χ4v) is 3.31. The van der Waals surface area contributed by atoms with Crippen LogP contribution in [0.25, 0.3) is 10.8 Å². The minimum atomic E-state index is 0.459. The average Bonchev–Trinajstić information content (AvgIpc) is 2.69. The Labute approximate surface area is 163 Å².